The molecule has 1 aliphatic carbocycles. The Morgan fingerprint density at radius 1 is 1.10 bits per heavy atom. The van der Waals surface area contributed by atoms with Gasteiger partial charge >= 0.3 is 0 Å². The zero-order chi connectivity index (χ0) is 22.2. The van der Waals surface area contributed by atoms with E-state index in [1.54, 1.807) is 18.2 Å². The number of amides is 1. The molecule has 2 aliphatic rings. The molecule has 1 aromatic carbocycles. The summed E-state index contributed by atoms with van der Waals surface area (Å²) in [6.45, 7) is 5.12. The second-order valence-electron chi connectivity index (χ2n) is 8.78. The highest BCUT2D eigenvalue weighted by Crippen LogP contribution is 2.29. The number of piperazine rings is 1. The van der Waals surface area contributed by atoms with Gasteiger partial charge in [-0.3, -0.25) is 14.5 Å². The number of hydrogen-bond acceptors (Lipinski definition) is 6. The van der Waals surface area contributed by atoms with Crippen LogP contribution in [0.3, 0.4) is 0 Å². The number of aliphatic hydroxyl groups is 1. The fourth-order valence-corrected chi connectivity index (χ4v) is 4.49. The van der Waals surface area contributed by atoms with Gasteiger partial charge in [0.25, 0.3) is 0 Å². The lowest BCUT2D eigenvalue weighted by Gasteiger charge is -2.36. The minimum atomic E-state index is -0.651. The second-order valence-corrected chi connectivity index (χ2v) is 8.78. The van der Waals surface area contributed by atoms with Gasteiger partial charge in [-0.1, -0.05) is 19.3 Å². The lowest BCUT2D eigenvalue weighted by Crippen LogP contribution is -2.51. The van der Waals surface area contributed by atoms with E-state index in [1.807, 2.05) is 4.90 Å². The van der Waals surface area contributed by atoms with Crippen molar-refractivity contribution in [1.82, 2.24) is 9.80 Å². The maximum Gasteiger partial charge on any atom is 0.222 e. The molecule has 1 aliphatic heterocycles. The van der Waals surface area contributed by atoms with Gasteiger partial charge in [-0.2, -0.15) is 0 Å². The molecule has 1 amide bonds. The fraction of sp³-hybridized carbons (Fsp3) is 0.667. The number of hydrogen-bond donors (Lipinski definition) is 1. The van der Waals surface area contributed by atoms with E-state index in [2.05, 4.69) is 4.90 Å². The fourth-order valence-electron chi connectivity index (χ4n) is 4.49. The Morgan fingerprint density at radius 3 is 2.45 bits per heavy atom. The number of β-amino-alcohol motifs (C(OH)–C–C–N with tert-alkyl or cyclic N) is 1. The number of methoxy groups -OCH3 is 1. The SMILES string of the molecule is COc1cc(C(C)=O)ccc1OCC(O)CN1CCN(C(=O)CC2CCCCC2)CC1. The minimum Gasteiger partial charge on any atom is -0.493 e. The normalized spacial score (nSPS) is 19.1. The van der Waals surface area contributed by atoms with Crippen molar-refractivity contribution in [3.8, 4) is 11.5 Å². The predicted molar refractivity (Wildman–Crippen MR) is 119 cm³/mol. The van der Waals surface area contributed by atoms with Crippen LogP contribution < -0.4 is 9.47 Å². The van der Waals surface area contributed by atoms with E-state index in [0.717, 1.165) is 26.2 Å². The van der Waals surface area contributed by atoms with Crippen LogP contribution in [-0.2, 0) is 4.79 Å². The summed E-state index contributed by atoms with van der Waals surface area (Å²) in [6.07, 6.45) is 6.27. The summed E-state index contributed by atoms with van der Waals surface area (Å²) in [4.78, 5) is 28.3. The third-order valence-electron chi connectivity index (χ3n) is 6.38. The molecule has 0 aromatic heterocycles. The standard InChI is InChI=1S/C24H36N2O5/c1-18(27)20-8-9-22(23(15-20)30-2)31-17-21(28)16-25-10-12-26(13-11-25)24(29)14-19-6-4-3-5-7-19/h8-9,15,19,21,28H,3-7,10-14,16-17H2,1-2H3. The van der Waals surface area contributed by atoms with E-state index < -0.39 is 6.10 Å². The van der Waals surface area contributed by atoms with E-state index in [0.29, 0.717) is 35.9 Å². The number of benzene rings is 1. The third kappa shape index (κ3) is 6.94. The molecule has 1 heterocycles. The first-order valence-electron chi connectivity index (χ1n) is 11.5. The quantitative estimate of drug-likeness (QED) is 0.605. The lowest BCUT2D eigenvalue weighted by molar-refractivity contribution is -0.134. The van der Waals surface area contributed by atoms with Crippen LogP contribution in [0.1, 0.15) is 55.8 Å². The van der Waals surface area contributed by atoms with Crippen molar-refractivity contribution >= 4 is 11.7 Å². The summed E-state index contributed by atoms with van der Waals surface area (Å²) in [5.41, 5.74) is 0.556. The number of rotatable bonds is 9. The maximum absolute atomic E-state index is 12.6. The van der Waals surface area contributed by atoms with Crippen LogP contribution in [-0.4, -0.2) is 79.1 Å². The van der Waals surface area contributed by atoms with E-state index in [9.17, 15) is 14.7 Å². The zero-order valence-corrected chi connectivity index (χ0v) is 18.8. The summed E-state index contributed by atoms with van der Waals surface area (Å²) in [5, 5.41) is 10.4. The van der Waals surface area contributed by atoms with Crippen LogP contribution >= 0.6 is 0 Å². The van der Waals surface area contributed by atoms with Gasteiger partial charge in [0.05, 0.1) is 7.11 Å². The van der Waals surface area contributed by atoms with Gasteiger partial charge in [0.15, 0.2) is 17.3 Å². The molecule has 172 valence electrons. The molecular formula is C24H36N2O5. The summed E-state index contributed by atoms with van der Waals surface area (Å²) in [5.74, 6) is 1.80. The molecule has 0 radical (unpaired) electrons. The van der Waals surface area contributed by atoms with Gasteiger partial charge in [0, 0.05) is 44.7 Å². The average Bonchev–Trinajstić information content (AvgIpc) is 2.78. The molecule has 1 atom stereocenters. The van der Waals surface area contributed by atoms with Gasteiger partial charge in [0.1, 0.15) is 12.7 Å². The van der Waals surface area contributed by atoms with Crippen LogP contribution in [0.25, 0.3) is 0 Å². The van der Waals surface area contributed by atoms with E-state index in [4.69, 9.17) is 9.47 Å². The molecule has 2 fully saturated rings. The van der Waals surface area contributed by atoms with Crippen LogP contribution in [0.15, 0.2) is 18.2 Å². The number of carbonyl (C=O) groups is 2. The van der Waals surface area contributed by atoms with Gasteiger partial charge in [-0.25, -0.2) is 0 Å². The van der Waals surface area contributed by atoms with Crippen molar-refractivity contribution in [2.45, 2.75) is 51.6 Å². The Bertz CT molecular complexity index is 739. The Kier molecular flexibility index (Phi) is 8.72. The summed E-state index contributed by atoms with van der Waals surface area (Å²) in [7, 11) is 1.53. The molecule has 1 saturated heterocycles. The number of Topliss-reactive ketones (excluding diaryl/α,β-unsaturated/α-hetero) is 1. The van der Waals surface area contributed by atoms with Crippen molar-refractivity contribution in [1.29, 1.82) is 0 Å². The van der Waals surface area contributed by atoms with Crippen molar-refractivity contribution in [3.63, 3.8) is 0 Å². The molecule has 0 bridgehead atoms. The van der Waals surface area contributed by atoms with Gasteiger partial charge < -0.3 is 19.5 Å². The molecular weight excluding hydrogens is 396 g/mol. The van der Waals surface area contributed by atoms with E-state index in [-0.39, 0.29) is 18.3 Å². The molecule has 1 N–H and O–H groups in total. The average molecular weight is 433 g/mol. The van der Waals surface area contributed by atoms with Crippen LogP contribution in [0.5, 0.6) is 11.5 Å². The number of ketones is 1. The predicted octanol–water partition coefficient (Wildman–Crippen LogP) is 2.75. The maximum atomic E-state index is 12.6. The van der Waals surface area contributed by atoms with Crippen LogP contribution in [0.2, 0.25) is 0 Å². The first-order valence-corrected chi connectivity index (χ1v) is 11.5. The van der Waals surface area contributed by atoms with Crippen molar-refractivity contribution in [3.05, 3.63) is 23.8 Å². The van der Waals surface area contributed by atoms with Gasteiger partial charge in [-0.05, 0) is 43.9 Å². The minimum absolute atomic E-state index is 0.0405. The number of carbonyl (C=O) groups excluding carboxylic acids is 2. The highest BCUT2D eigenvalue weighted by atomic mass is 16.5. The van der Waals surface area contributed by atoms with E-state index >= 15 is 0 Å². The molecule has 7 nitrogen and oxygen atoms in total. The van der Waals surface area contributed by atoms with Gasteiger partial charge in [0.2, 0.25) is 5.91 Å². The summed E-state index contributed by atoms with van der Waals surface area (Å²) < 4.78 is 11.0. The van der Waals surface area contributed by atoms with Crippen molar-refractivity contribution in [2.75, 3.05) is 46.4 Å². The Morgan fingerprint density at radius 2 is 1.81 bits per heavy atom. The molecule has 31 heavy (non-hydrogen) atoms. The monoisotopic (exact) mass is 432 g/mol. The van der Waals surface area contributed by atoms with Gasteiger partial charge in [-0.15, -0.1) is 0 Å². The summed E-state index contributed by atoms with van der Waals surface area (Å²) >= 11 is 0. The highest BCUT2D eigenvalue weighted by molar-refractivity contribution is 5.94. The van der Waals surface area contributed by atoms with Crippen molar-refractivity contribution in [2.24, 2.45) is 5.92 Å². The largest absolute Gasteiger partial charge is 0.493 e. The molecule has 3 rings (SSSR count). The molecule has 1 saturated carbocycles. The smallest absolute Gasteiger partial charge is 0.222 e. The highest BCUT2D eigenvalue weighted by Gasteiger charge is 2.25. The first-order chi connectivity index (χ1) is 15.0. The molecule has 7 heteroatoms. The van der Waals surface area contributed by atoms with Crippen molar-refractivity contribution < 1.29 is 24.2 Å². The van der Waals surface area contributed by atoms with Crippen LogP contribution in [0, 0.1) is 5.92 Å². The number of ether oxygens (including phenoxy) is 2. The lowest BCUT2D eigenvalue weighted by atomic mass is 9.86. The Hall–Kier alpha value is -2.12. The van der Waals surface area contributed by atoms with Crippen LogP contribution in [0.4, 0.5) is 0 Å². The molecule has 1 aromatic rings. The Labute approximate surface area is 185 Å². The summed E-state index contributed by atoms with van der Waals surface area (Å²) in [6, 6.07) is 5.03. The topological polar surface area (TPSA) is 79.3 Å². The molecule has 0 spiro atoms. The van der Waals surface area contributed by atoms with E-state index in [1.165, 1.54) is 46.1 Å². The third-order valence-corrected chi connectivity index (χ3v) is 6.38. The molecule has 1 unspecified atom stereocenters. The first kappa shape index (κ1) is 23.5. The second kappa shape index (κ2) is 11.5. The number of nitrogens with zero attached hydrogens (tertiary/aromatic N) is 2. The number of aliphatic hydroxyl groups excluding tert-OH is 1. The zero-order valence-electron chi connectivity index (χ0n) is 18.8. The Balaban J connectivity index is 1.39.